The largest absolute Gasteiger partial charge is 0.490 e. The number of aromatic nitrogens is 1. The van der Waals surface area contributed by atoms with Crippen LogP contribution >= 0.6 is 0 Å². The van der Waals surface area contributed by atoms with Crippen molar-refractivity contribution in [3.8, 4) is 11.5 Å². The van der Waals surface area contributed by atoms with Gasteiger partial charge in [-0.3, -0.25) is 9.78 Å². The lowest BCUT2D eigenvalue weighted by molar-refractivity contribution is 0.0689. The number of hydrogen-bond acceptors (Lipinski definition) is 4. The molecule has 0 atom stereocenters. The maximum Gasteiger partial charge on any atom is 0.254 e. The molecule has 0 spiro atoms. The number of ether oxygens (including phenoxy) is 2. The first-order chi connectivity index (χ1) is 14.6. The van der Waals surface area contributed by atoms with Crippen LogP contribution in [-0.2, 0) is 13.2 Å². The highest BCUT2D eigenvalue weighted by molar-refractivity contribution is 5.95. The second kappa shape index (κ2) is 10.4. The number of benzene rings is 2. The Morgan fingerprint density at radius 2 is 1.73 bits per heavy atom. The molecular formula is C25H28N2O3. The summed E-state index contributed by atoms with van der Waals surface area (Å²) in [5.74, 6) is 1.14. The Balaban J connectivity index is 1.79. The van der Waals surface area contributed by atoms with Crippen molar-refractivity contribution in [2.24, 2.45) is 0 Å². The lowest BCUT2D eigenvalue weighted by atomic mass is 10.1. The van der Waals surface area contributed by atoms with E-state index in [1.807, 2.05) is 68.1 Å². The Labute approximate surface area is 178 Å². The van der Waals surface area contributed by atoms with Crippen LogP contribution in [0.15, 0.2) is 73.1 Å². The number of amides is 1. The van der Waals surface area contributed by atoms with Gasteiger partial charge in [-0.25, -0.2) is 0 Å². The molecule has 3 rings (SSSR count). The molecule has 1 aromatic heterocycles. The van der Waals surface area contributed by atoms with Gasteiger partial charge in [0.25, 0.3) is 5.91 Å². The van der Waals surface area contributed by atoms with Gasteiger partial charge < -0.3 is 14.4 Å². The molecule has 0 aliphatic heterocycles. The van der Waals surface area contributed by atoms with Crippen LogP contribution in [0.4, 0.5) is 0 Å². The minimum Gasteiger partial charge on any atom is -0.490 e. The SMILES string of the molecule is CCOc1cc(C(=O)N(Cc2ccccc2)C(C)C)ccc1OCc1cccnc1. The highest BCUT2D eigenvalue weighted by Crippen LogP contribution is 2.30. The van der Waals surface area contributed by atoms with Gasteiger partial charge in [0.1, 0.15) is 6.61 Å². The fourth-order valence-corrected chi connectivity index (χ4v) is 3.11. The number of nitrogens with zero attached hydrogens (tertiary/aromatic N) is 2. The minimum absolute atomic E-state index is 0.0337. The van der Waals surface area contributed by atoms with Gasteiger partial charge in [0.15, 0.2) is 11.5 Å². The number of carbonyl (C=O) groups excluding carboxylic acids is 1. The number of rotatable bonds is 9. The molecule has 0 unspecified atom stereocenters. The predicted molar refractivity (Wildman–Crippen MR) is 118 cm³/mol. The quantitative estimate of drug-likeness (QED) is 0.497. The zero-order valence-electron chi connectivity index (χ0n) is 17.7. The Kier molecular flexibility index (Phi) is 7.44. The van der Waals surface area contributed by atoms with Crippen LogP contribution in [-0.4, -0.2) is 28.4 Å². The van der Waals surface area contributed by atoms with Crippen molar-refractivity contribution in [2.45, 2.75) is 40.0 Å². The lowest BCUT2D eigenvalue weighted by Crippen LogP contribution is -2.36. The summed E-state index contributed by atoms with van der Waals surface area (Å²) in [7, 11) is 0. The van der Waals surface area contributed by atoms with Crippen LogP contribution in [0.2, 0.25) is 0 Å². The van der Waals surface area contributed by atoms with Gasteiger partial charge in [-0.15, -0.1) is 0 Å². The summed E-state index contributed by atoms with van der Waals surface area (Å²) < 4.78 is 11.7. The fraction of sp³-hybridized carbons (Fsp3) is 0.280. The molecule has 0 fully saturated rings. The Hall–Kier alpha value is -3.34. The minimum atomic E-state index is -0.0337. The lowest BCUT2D eigenvalue weighted by Gasteiger charge is -2.27. The molecule has 0 aliphatic rings. The maximum atomic E-state index is 13.3. The van der Waals surface area contributed by atoms with Crippen molar-refractivity contribution in [1.82, 2.24) is 9.88 Å². The zero-order chi connectivity index (χ0) is 21.3. The van der Waals surface area contributed by atoms with Crippen molar-refractivity contribution in [3.05, 3.63) is 89.7 Å². The van der Waals surface area contributed by atoms with Crippen molar-refractivity contribution in [2.75, 3.05) is 6.61 Å². The van der Waals surface area contributed by atoms with Crippen molar-refractivity contribution in [3.63, 3.8) is 0 Å². The summed E-state index contributed by atoms with van der Waals surface area (Å²) in [6.07, 6.45) is 3.49. The summed E-state index contributed by atoms with van der Waals surface area (Å²) in [4.78, 5) is 19.2. The number of pyridine rings is 1. The van der Waals surface area contributed by atoms with E-state index in [9.17, 15) is 4.79 Å². The van der Waals surface area contributed by atoms with Crippen molar-refractivity contribution < 1.29 is 14.3 Å². The van der Waals surface area contributed by atoms with E-state index in [0.29, 0.717) is 36.8 Å². The molecule has 5 nitrogen and oxygen atoms in total. The first kappa shape index (κ1) is 21.4. The van der Waals surface area contributed by atoms with Gasteiger partial charge in [-0.1, -0.05) is 36.4 Å². The van der Waals surface area contributed by atoms with E-state index < -0.39 is 0 Å². The smallest absolute Gasteiger partial charge is 0.254 e. The van der Waals surface area contributed by atoms with E-state index in [1.54, 1.807) is 30.6 Å². The topological polar surface area (TPSA) is 51.7 Å². The van der Waals surface area contributed by atoms with Crippen molar-refractivity contribution in [1.29, 1.82) is 0 Å². The Bertz CT molecular complexity index is 943. The molecule has 1 amide bonds. The van der Waals surface area contributed by atoms with Gasteiger partial charge in [0, 0.05) is 36.1 Å². The molecule has 0 N–H and O–H groups in total. The molecule has 1 heterocycles. The van der Waals surface area contributed by atoms with E-state index in [2.05, 4.69) is 4.98 Å². The molecule has 2 aromatic carbocycles. The van der Waals surface area contributed by atoms with Gasteiger partial charge in [0.05, 0.1) is 6.61 Å². The van der Waals surface area contributed by atoms with E-state index in [-0.39, 0.29) is 11.9 Å². The van der Waals surface area contributed by atoms with Gasteiger partial charge in [0.2, 0.25) is 0 Å². The van der Waals surface area contributed by atoms with Crippen LogP contribution < -0.4 is 9.47 Å². The van der Waals surface area contributed by atoms with Gasteiger partial charge in [-0.2, -0.15) is 0 Å². The van der Waals surface area contributed by atoms with E-state index >= 15 is 0 Å². The molecule has 3 aromatic rings. The molecule has 0 radical (unpaired) electrons. The molecule has 0 saturated carbocycles. The third-order valence-corrected chi connectivity index (χ3v) is 4.69. The molecule has 156 valence electrons. The summed E-state index contributed by atoms with van der Waals surface area (Å²) in [6.45, 7) is 7.38. The second-order valence-corrected chi connectivity index (χ2v) is 7.26. The van der Waals surface area contributed by atoms with Gasteiger partial charge >= 0.3 is 0 Å². The molecule has 0 aliphatic carbocycles. The summed E-state index contributed by atoms with van der Waals surface area (Å²) in [5.41, 5.74) is 2.65. The summed E-state index contributed by atoms with van der Waals surface area (Å²) in [5, 5.41) is 0. The Morgan fingerprint density at radius 1 is 0.967 bits per heavy atom. The normalized spacial score (nSPS) is 10.7. The number of hydrogen-bond donors (Lipinski definition) is 0. The van der Waals surface area contributed by atoms with Crippen LogP contribution in [0.25, 0.3) is 0 Å². The fourth-order valence-electron chi connectivity index (χ4n) is 3.11. The third-order valence-electron chi connectivity index (χ3n) is 4.69. The van der Waals surface area contributed by atoms with Crippen LogP contribution in [0.3, 0.4) is 0 Å². The van der Waals surface area contributed by atoms with E-state index in [4.69, 9.17) is 9.47 Å². The zero-order valence-corrected chi connectivity index (χ0v) is 17.7. The monoisotopic (exact) mass is 404 g/mol. The highest BCUT2D eigenvalue weighted by Gasteiger charge is 2.21. The molecular weight excluding hydrogens is 376 g/mol. The first-order valence-electron chi connectivity index (χ1n) is 10.2. The van der Waals surface area contributed by atoms with Crippen molar-refractivity contribution >= 4 is 5.91 Å². The average Bonchev–Trinajstić information content (AvgIpc) is 2.77. The third kappa shape index (κ3) is 5.60. The van der Waals surface area contributed by atoms with Crippen LogP contribution in [0.5, 0.6) is 11.5 Å². The van der Waals surface area contributed by atoms with Crippen LogP contribution in [0, 0.1) is 0 Å². The second-order valence-electron chi connectivity index (χ2n) is 7.26. The molecule has 0 saturated heterocycles. The summed E-state index contributed by atoms with van der Waals surface area (Å²) >= 11 is 0. The molecule has 30 heavy (non-hydrogen) atoms. The average molecular weight is 405 g/mol. The predicted octanol–water partition coefficient (Wildman–Crippen LogP) is 5.11. The maximum absolute atomic E-state index is 13.3. The van der Waals surface area contributed by atoms with E-state index in [1.165, 1.54) is 0 Å². The number of carbonyl (C=O) groups is 1. The molecule has 0 bridgehead atoms. The van der Waals surface area contributed by atoms with Gasteiger partial charge in [-0.05, 0) is 50.6 Å². The van der Waals surface area contributed by atoms with Crippen LogP contribution in [0.1, 0.15) is 42.3 Å². The summed E-state index contributed by atoms with van der Waals surface area (Å²) in [6, 6.07) is 19.3. The standard InChI is InChI=1S/C25H28N2O3/c1-4-29-24-15-22(12-13-23(24)30-18-21-11-8-14-26-16-21)25(28)27(19(2)3)17-20-9-6-5-7-10-20/h5-16,19H,4,17-18H2,1-3H3. The highest BCUT2D eigenvalue weighted by atomic mass is 16.5. The van der Waals surface area contributed by atoms with E-state index in [0.717, 1.165) is 11.1 Å². The first-order valence-corrected chi connectivity index (χ1v) is 10.2. The Morgan fingerprint density at radius 3 is 2.40 bits per heavy atom. The molecule has 5 heteroatoms.